The quantitative estimate of drug-likeness (QED) is 0.800. The minimum Gasteiger partial charge on any atom is -0.497 e. The lowest BCUT2D eigenvalue weighted by molar-refractivity contribution is 0.00523. The van der Waals surface area contributed by atoms with E-state index in [0.29, 0.717) is 31.1 Å². The zero-order valence-electron chi connectivity index (χ0n) is 10.3. The van der Waals surface area contributed by atoms with Gasteiger partial charge in [0, 0.05) is 17.4 Å². The Bertz CT molecular complexity index is 424. The van der Waals surface area contributed by atoms with E-state index in [1.165, 1.54) is 0 Å². The zero-order chi connectivity index (χ0) is 13.0. The maximum absolute atomic E-state index is 12.4. The molecule has 4 nitrogen and oxygen atoms in total. The van der Waals surface area contributed by atoms with Crippen LogP contribution in [0.1, 0.15) is 10.4 Å². The van der Waals surface area contributed by atoms with Crippen molar-refractivity contribution in [1.82, 2.24) is 4.90 Å². The van der Waals surface area contributed by atoms with Crippen LogP contribution in [0, 0.1) is 0 Å². The number of ether oxygens (including phenoxy) is 2. The standard InChI is InChI=1S/C13H16BrNO3/c1-17-12-4-2-3-10(7-12)13(16)15-5-6-18-9-11(15)8-14/h2-4,7,11H,5-6,8-9H2,1H3. The van der Waals surface area contributed by atoms with E-state index in [9.17, 15) is 4.79 Å². The number of amides is 1. The monoisotopic (exact) mass is 313 g/mol. The maximum Gasteiger partial charge on any atom is 0.254 e. The number of morpholine rings is 1. The van der Waals surface area contributed by atoms with Crippen LogP contribution in [-0.2, 0) is 4.74 Å². The average molecular weight is 314 g/mol. The molecule has 0 aliphatic carbocycles. The van der Waals surface area contributed by atoms with Gasteiger partial charge in [-0.3, -0.25) is 4.79 Å². The largest absolute Gasteiger partial charge is 0.497 e. The number of alkyl halides is 1. The summed E-state index contributed by atoms with van der Waals surface area (Å²) in [5.74, 6) is 0.728. The molecule has 1 amide bonds. The van der Waals surface area contributed by atoms with E-state index in [1.54, 1.807) is 13.2 Å². The number of rotatable bonds is 3. The zero-order valence-corrected chi connectivity index (χ0v) is 11.9. The third-order valence-electron chi connectivity index (χ3n) is 2.98. The normalized spacial score (nSPS) is 19.7. The fraction of sp³-hybridized carbons (Fsp3) is 0.462. The smallest absolute Gasteiger partial charge is 0.254 e. The predicted molar refractivity (Wildman–Crippen MR) is 72.4 cm³/mol. The van der Waals surface area contributed by atoms with E-state index in [-0.39, 0.29) is 11.9 Å². The number of nitrogens with zero attached hydrogens (tertiary/aromatic N) is 1. The van der Waals surface area contributed by atoms with Crippen LogP contribution in [0.2, 0.25) is 0 Å². The van der Waals surface area contributed by atoms with E-state index in [0.717, 1.165) is 5.33 Å². The SMILES string of the molecule is COc1cccc(C(=O)N2CCOCC2CBr)c1. The Hall–Kier alpha value is -1.07. The Balaban J connectivity index is 2.18. The number of carbonyl (C=O) groups excluding carboxylic acids is 1. The van der Waals surface area contributed by atoms with Gasteiger partial charge in [-0.1, -0.05) is 22.0 Å². The second-order valence-electron chi connectivity index (χ2n) is 4.11. The minimum atomic E-state index is 0.0293. The van der Waals surface area contributed by atoms with Gasteiger partial charge in [0.1, 0.15) is 5.75 Å². The van der Waals surface area contributed by atoms with Crippen LogP contribution in [0.4, 0.5) is 0 Å². The molecule has 1 aliphatic heterocycles. The number of benzene rings is 1. The van der Waals surface area contributed by atoms with Crippen molar-refractivity contribution < 1.29 is 14.3 Å². The van der Waals surface area contributed by atoms with Crippen LogP contribution < -0.4 is 4.74 Å². The van der Waals surface area contributed by atoms with Gasteiger partial charge in [-0.05, 0) is 18.2 Å². The lowest BCUT2D eigenvalue weighted by atomic mass is 10.1. The molecule has 1 aromatic rings. The third kappa shape index (κ3) is 2.84. The van der Waals surface area contributed by atoms with E-state index >= 15 is 0 Å². The second kappa shape index (κ2) is 6.20. The first kappa shape index (κ1) is 13.4. The summed E-state index contributed by atoms with van der Waals surface area (Å²) in [4.78, 5) is 14.3. The molecule has 2 rings (SSSR count). The van der Waals surface area contributed by atoms with Gasteiger partial charge in [0.05, 0.1) is 26.4 Å². The Kier molecular flexibility index (Phi) is 4.60. The molecule has 1 saturated heterocycles. The Morgan fingerprint density at radius 1 is 1.61 bits per heavy atom. The number of carbonyl (C=O) groups is 1. The molecule has 0 aromatic heterocycles. The van der Waals surface area contributed by atoms with Gasteiger partial charge in [0.25, 0.3) is 5.91 Å². The van der Waals surface area contributed by atoms with Gasteiger partial charge in [-0.25, -0.2) is 0 Å². The summed E-state index contributed by atoms with van der Waals surface area (Å²) in [7, 11) is 1.60. The summed E-state index contributed by atoms with van der Waals surface area (Å²) in [5.41, 5.74) is 0.655. The van der Waals surface area contributed by atoms with Crippen LogP contribution in [0.25, 0.3) is 0 Å². The number of methoxy groups -OCH3 is 1. The van der Waals surface area contributed by atoms with Crippen LogP contribution >= 0.6 is 15.9 Å². The van der Waals surface area contributed by atoms with Gasteiger partial charge in [0.15, 0.2) is 0 Å². The number of halogens is 1. The van der Waals surface area contributed by atoms with Gasteiger partial charge in [-0.2, -0.15) is 0 Å². The fourth-order valence-electron chi connectivity index (χ4n) is 1.97. The molecular weight excluding hydrogens is 298 g/mol. The van der Waals surface area contributed by atoms with E-state index < -0.39 is 0 Å². The van der Waals surface area contributed by atoms with Crippen molar-refractivity contribution in [3.05, 3.63) is 29.8 Å². The first-order valence-electron chi connectivity index (χ1n) is 5.85. The minimum absolute atomic E-state index is 0.0293. The molecule has 1 unspecified atom stereocenters. The van der Waals surface area contributed by atoms with Crippen molar-refractivity contribution >= 4 is 21.8 Å². The summed E-state index contributed by atoms with van der Waals surface area (Å²) < 4.78 is 10.5. The fourth-order valence-corrected chi connectivity index (χ4v) is 2.51. The second-order valence-corrected chi connectivity index (χ2v) is 4.76. The lowest BCUT2D eigenvalue weighted by Gasteiger charge is -2.34. The molecule has 0 bridgehead atoms. The first-order chi connectivity index (χ1) is 8.76. The molecule has 0 radical (unpaired) electrons. The molecule has 0 saturated carbocycles. The molecule has 5 heteroatoms. The maximum atomic E-state index is 12.4. The predicted octanol–water partition coefficient (Wildman–Crippen LogP) is 1.93. The van der Waals surface area contributed by atoms with Crippen molar-refractivity contribution in [2.45, 2.75) is 6.04 Å². The van der Waals surface area contributed by atoms with E-state index in [4.69, 9.17) is 9.47 Å². The Morgan fingerprint density at radius 2 is 2.44 bits per heavy atom. The highest BCUT2D eigenvalue weighted by Gasteiger charge is 2.27. The molecule has 0 N–H and O–H groups in total. The summed E-state index contributed by atoms with van der Waals surface area (Å²) in [6.45, 7) is 1.81. The van der Waals surface area contributed by atoms with Gasteiger partial charge >= 0.3 is 0 Å². The van der Waals surface area contributed by atoms with E-state index in [1.807, 2.05) is 23.1 Å². The molecule has 1 aromatic carbocycles. The highest BCUT2D eigenvalue weighted by Crippen LogP contribution is 2.18. The van der Waals surface area contributed by atoms with Crippen LogP contribution in [0.3, 0.4) is 0 Å². The Morgan fingerprint density at radius 3 is 3.17 bits per heavy atom. The number of hydrogen-bond acceptors (Lipinski definition) is 3. The van der Waals surface area contributed by atoms with Crippen LogP contribution in [0.5, 0.6) is 5.75 Å². The van der Waals surface area contributed by atoms with Gasteiger partial charge in [0.2, 0.25) is 0 Å². The van der Waals surface area contributed by atoms with Crippen molar-refractivity contribution in [2.24, 2.45) is 0 Å². The summed E-state index contributed by atoms with van der Waals surface area (Å²) >= 11 is 3.42. The molecular formula is C13H16BrNO3. The molecule has 18 heavy (non-hydrogen) atoms. The average Bonchev–Trinajstić information content (AvgIpc) is 2.46. The molecule has 1 fully saturated rings. The van der Waals surface area contributed by atoms with Crippen LogP contribution in [0.15, 0.2) is 24.3 Å². The highest BCUT2D eigenvalue weighted by atomic mass is 79.9. The summed E-state index contributed by atoms with van der Waals surface area (Å²) in [5, 5.41) is 0.725. The molecule has 1 atom stereocenters. The molecule has 98 valence electrons. The topological polar surface area (TPSA) is 38.8 Å². The van der Waals surface area contributed by atoms with Gasteiger partial charge < -0.3 is 14.4 Å². The molecule has 1 heterocycles. The van der Waals surface area contributed by atoms with E-state index in [2.05, 4.69) is 15.9 Å². The van der Waals surface area contributed by atoms with Crippen molar-refractivity contribution in [1.29, 1.82) is 0 Å². The Labute approximate surface area is 115 Å². The summed E-state index contributed by atoms with van der Waals surface area (Å²) in [6, 6.07) is 7.33. The van der Waals surface area contributed by atoms with Crippen molar-refractivity contribution in [3.8, 4) is 5.75 Å². The molecule has 1 aliphatic rings. The molecule has 0 spiro atoms. The van der Waals surface area contributed by atoms with Crippen LogP contribution in [-0.4, -0.2) is 49.0 Å². The van der Waals surface area contributed by atoms with Crippen molar-refractivity contribution in [2.75, 3.05) is 32.2 Å². The first-order valence-corrected chi connectivity index (χ1v) is 6.97. The van der Waals surface area contributed by atoms with Gasteiger partial charge in [-0.15, -0.1) is 0 Å². The number of hydrogen-bond donors (Lipinski definition) is 0. The third-order valence-corrected chi connectivity index (χ3v) is 3.73. The van der Waals surface area contributed by atoms with Crippen molar-refractivity contribution in [3.63, 3.8) is 0 Å². The summed E-state index contributed by atoms with van der Waals surface area (Å²) in [6.07, 6.45) is 0. The highest BCUT2D eigenvalue weighted by molar-refractivity contribution is 9.09. The lowest BCUT2D eigenvalue weighted by Crippen LogP contribution is -2.49.